The van der Waals surface area contributed by atoms with E-state index in [1.807, 2.05) is 13.0 Å². The van der Waals surface area contributed by atoms with Gasteiger partial charge in [0.15, 0.2) is 17.5 Å². The van der Waals surface area contributed by atoms with E-state index < -0.39 is 5.97 Å². The minimum absolute atomic E-state index is 0.0639. The number of phenolic OH excluding ortho intramolecular Hbond substituents is 1. The number of phenols is 1. The molecule has 0 amide bonds. The normalized spacial score (nSPS) is 10.4. The molecule has 0 fully saturated rings. The Hall–Kier alpha value is -4.57. The van der Waals surface area contributed by atoms with Gasteiger partial charge in [-0.25, -0.2) is 19.7 Å². The number of methoxy groups -OCH3 is 1. The first-order chi connectivity index (χ1) is 15.5. The van der Waals surface area contributed by atoms with E-state index in [1.165, 1.54) is 7.11 Å². The fraction of sp³-hybridized carbons (Fsp3) is 0.0800. The number of esters is 1. The fourth-order valence-corrected chi connectivity index (χ4v) is 3.15. The summed E-state index contributed by atoms with van der Waals surface area (Å²) < 4.78 is 4.75. The molecule has 7 nitrogen and oxygen atoms in total. The molecule has 0 saturated carbocycles. The maximum Gasteiger partial charge on any atom is 0.337 e. The van der Waals surface area contributed by atoms with Gasteiger partial charge < -0.3 is 9.84 Å². The van der Waals surface area contributed by atoms with Crippen molar-refractivity contribution < 1.29 is 14.6 Å². The van der Waals surface area contributed by atoms with Gasteiger partial charge in [-0.1, -0.05) is 18.2 Å². The first kappa shape index (κ1) is 20.7. The molecule has 0 aliphatic rings. The van der Waals surface area contributed by atoms with Crippen LogP contribution in [-0.2, 0) is 4.74 Å². The lowest BCUT2D eigenvalue weighted by Gasteiger charge is -2.10. The van der Waals surface area contributed by atoms with E-state index in [0.29, 0.717) is 45.3 Å². The molecule has 4 aromatic rings. The fourth-order valence-electron chi connectivity index (χ4n) is 3.15. The van der Waals surface area contributed by atoms with Crippen molar-refractivity contribution in [1.82, 2.24) is 15.0 Å². The van der Waals surface area contributed by atoms with Crippen molar-refractivity contribution in [2.75, 3.05) is 7.11 Å². The van der Waals surface area contributed by atoms with E-state index >= 15 is 0 Å². The average molecular weight is 422 g/mol. The van der Waals surface area contributed by atoms with Gasteiger partial charge in [-0.3, -0.25) is 0 Å². The molecule has 7 heteroatoms. The van der Waals surface area contributed by atoms with Crippen molar-refractivity contribution in [2.24, 2.45) is 0 Å². The van der Waals surface area contributed by atoms with Crippen molar-refractivity contribution in [1.29, 1.82) is 5.26 Å². The number of nitriles is 1. The number of nitrogens with zero attached hydrogens (tertiary/aromatic N) is 4. The van der Waals surface area contributed by atoms with E-state index in [9.17, 15) is 9.90 Å². The van der Waals surface area contributed by atoms with Crippen LogP contribution in [0.5, 0.6) is 5.75 Å². The number of aryl methyl sites for hydroxylation is 1. The number of hydrogen-bond donors (Lipinski definition) is 1. The zero-order valence-corrected chi connectivity index (χ0v) is 17.4. The summed E-state index contributed by atoms with van der Waals surface area (Å²) in [6.07, 6.45) is 0. The number of carbonyl (C=O) groups is 1. The summed E-state index contributed by atoms with van der Waals surface area (Å²) in [4.78, 5) is 25.5. The molecular formula is C25H18N4O3. The number of aromatic nitrogens is 3. The zero-order valence-electron chi connectivity index (χ0n) is 17.4. The van der Waals surface area contributed by atoms with Crippen LogP contribution in [0.4, 0.5) is 0 Å². The smallest absolute Gasteiger partial charge is 0.337 e. The topological polar surface area (TPSA) is 109 Å². The van der Waals surface area contributed by atoms with Crippen LogP contribution in [0, 0.1) is 18.3 Å². The van der Waals surface area contributed by atoms with Gasteiger partial charge in [0.1, 0.15) is 5.75 Å². The van der Waals surface area contributed by atoms with Crippen molar-refractivity contribution in [3.05, 3.63) is 83.4 Å². The van der Waals surface area contributed by atoms with Gasteiger partial charge in [-0.05, 0) is 61.0 Å². The predicted octanol–water partition coefficient (Wildman–Crippen LogP) is 4.54. The van der Waals surface area contributed by atoms with Crippen molar-refractivity contribution in [3.63, 3.8) is 0 Å². The summed E-state index contributed by atoms with van der Waals surface area (Å²) in [6, 6.07) is 21.0. The molecule has 156 valence electrons. The van der Waals surface area contributed by atoms with Crippen molar-refractivity contribution >= 4 is 5.97 Å². The van der Waals surface area contributed by atoms with Crippen LogP contribution in [0.2, 0.25) is 0 Å². The molecule has 32 heavy (non-hydrogen) atoms. The first-order valence-corrected chi connectivity index (χ1v) is 9.74. The summed E-state index contributed by atoms with van der Waals surface area (Å²) in [7, 11) is 1.33. The van der Waals surface area contributed by atoms with Gasteiger partial charge in [0, 0.05) is 11.1 Å². The van der Waals surface area contributed by atoms with E-state index in [1.54, 1.807) is 60.7 Å². The molecule has 4 rings (SSSR count). The molecule has 0 aliphatic carbocycles. The second-order valence-electron chi connectivity index (χ2n) is 7.08. The van der Waals surface area contributed by atoms with Crippen LogP contribution >= 0.6 is 0 Å². The monoisotopic (exact) mass is 422 g/mol. The third-order valence-corrected chi connectivity index (χ3v) is 4.87. The molecule has 0 saturated heterocycles. The van der Waals surface area contributed by atoms with Gasteiger partial charge in [-0.15, -0.1) is 0 Å². The Morgan fingerprint density at radius 1 is 0.875 bits per heavy atom. The molecule has 1 N–H and O–H groups in total. The molecular weight excluding hydrogens is 404 g/mol. The average Bonchev–Trinajstić information content (AvgIpc) is 2.83. The lowest BCUT2D eigenvalue weighted by molar-refractivity contribution is 0.0600. The first-order valence-electron chi connectivity index (χ1n) is 9.74. The third-order valence-electron chi connectivity index (χ3n) is 4.87. The molecule has 1 heterocycles. The number of benzene rings is 3. The molecule has 0 atom stereocenters. The summed E-state index contributed by atoms with van der Waals surface area (Å²) in [5.74, 6) is 0.714. The van der Waals surface area contributed by atoms with Crippen LogP contribution < -0.4 is 0 Å². The summed E-state index contributed by atoms with van der Waals surface area (Å²) in [6.45, 7) is 1.88. The number of ether oxygens (including phenoxy) is 1. The second kappa shape index (κ2) is 8.66. The number of rotatable bonds is 4. The van der Waals surface area contributed by atoms with Gasteiger partial charge in [0.05, 0.1) is 29.9 Å². The second-order valence-corrected chi connectivity index (χ2v) is 7.08. The Labute approximate surface area is 184 Å². The lowest BCUT2D eigenvalue weighted by Crippen LogP contribution is -2.02. The van der Waals surface area contributed by atoms with Gasteiger partial charge in [0.25, 0.3) is 0 Å². The Morgan fingerprint density at radius 2 is 1.44 bits per heavy atom. The summed E-state index contributed by atoms with van der Waals surface area (Å²) >= 11 is 0. The van der Waals surface area contributed by atoms with Gasteiger partial charge in [0.2, 0.25) is 0 Å². The lowest BCUT2D eigenvalue weighted by atomic mass is 10.1. The Morgan fingerprint density at radius 3 is 1.97 bits per heavy atom. The van der Waals surface area contributed by atoms with E-state index in [-0.39, 0.29) is 5.75 Å². The molecule has 1 aromatic heterocycles. The van der Waals surface area contributed by atoms with E-state index in [0.717, 1.165) is 5.56 Å². The van der Waals surface area contributed by atoms with Crippen molar-refractivity contribution in [3.8, 4) is 46.0 Å². The highest BCUT2D eigenvalue weighted by Gasteiger charge is 2.15. The Kier molecular flexibility index (Phi) is 5.60. The highest BCUT2D eigenvalue weighted by atomic mass is 16.5. The largest absolute Gasteiger partial charge is 0.507 e. The zero-order chi connectivity index (χ0) is 22.7. The van der Waals surface area contributed by atoms with E-state index in [4.69, 9.17) is 10.00 Å². The van der Waals surface area contributed by atoms with Crippen LogP contribution in [0.3, 0.4) is 0 Å². The van der Waals surface area contributed by atoms with Crippen LogP contribution in [-0.4, -0.2) is 33.1 Å². The Balaban J connectivity index is 1.87. The highest BCUT2D eigenvalue weighted by Crippen LogP contribution is 2.30. The van der Waals surface area contributed by atoms with Crippen molar-refractivity contribution in [2.45, 2.75) is 6.92 Å². The van der Waals surface area contributed by atoms with Crippen LogP contribution in [0.15, 0.2) is 66.7 Å². The maximum absolute atomic E-state index is 11.7. The van der Waals surface area contributed by atoms with Crippen LogP contribution in [0.25, 0.3) is 34.2 Å². The number of aromatic hydroxyl groups is 1. The number of carbonyl (C=O) groups excluding carboxylic acids is 1. The minimum atomic E-state index is -0.435. The summed E-state index contributed by atoms with van der Waals surface area (Å²) in [5, 5.41) is 19.5. The molecule has 3 aromatic carbocycles. The predicted molar refractivity (Wildman–Crippen MR) is 119 cm³/mol. The van der Waals surface area contributed by atoms with E-state index in [2.05, 4.69) is 21.0 Å². The molecule has 0 aliphatic heterocycles. The molecule has 0 radical (unpaired) electrons. The standard InChI is InChI=1S/C25H18N4O3/c1-15-3-12-20(21(30)13-15)24-28-22(17-6-4-16(14-26)5-7-17)27-23(29-24)18-8-10-19(11-9-18)25(31)32-2/h3-13,30H,1-2H3. The minimum Gasteiger partial charge on any atom is -0.507 e. The SMILES string of the molecule is COC(=O)c1ccc(-c2nc(-c3ccc(C#N)cc3)nc(-c3ccc(C)cc3O)n2)cc1. The molecule has 0 unspecified atom stereocenters. The molecule has 0 spiro atoms. The maximum atomic E-state index is 11.7. The molecule has 0 bridgehead atoms. The Bertz CT molecular complexity index is 1340. The third kappa shape index (κ3) is 4.16. The van der Waals surface area contributed by atoms with Gasteiger partial charge >= 0.3 is 5.97 Å². The highest BCUT2D eigenvalue weighted by molar-refractivity contribution is 5.89. The van der Waals surface area contributed by atoms with Gasteiger partial charge in [-0.2, -0.15) is 5.26 Å². The number of hydrogen-bond acceptors (Lipinski definition) is 7. The van der Waals surface area contributed by atoms with Crippen LogP contribution in [0.1, 0.15) is 21.5 Å². The quantitative estimate of drug-likeness (QED) is 0.481. The summed E-state index contributed by atoms with van der Waals surface area (Å²) in [5.41, 5.74) is 3.69.